The van der Waals surface area contributed by atoms with Gasteiger partial charge in [-0.3, -0.25) is 19.4 Å². The number of carbonyl (C=O) groups is 1. The zero-order chi connectivity index (χ0) is 20.5. The highest BCUT2D eigenvalue weighted by Crippen LogP contribution is 2.29. The van der Waals surface area contributed by atoms with E-state index in [0.717, 1.165) is 47.8 Å². The molecular weight excluding hydrogens is 376 g/mol. The highest BCUT2D eigenvalue weighted by molar-refractivity contribution is 5.98. The molecule has 30 heavy (non-hydrogen) atoms. The second kappa shape index (κ2) is 7.74. The topological polar surface area (TPSA) is 77.6 Å². The van der Waals surface area contributed by atoms with Crippen LogP contribution in [0.3, 0.4) is 0 Å². The van der Waals surface area contributed by atoms with Gasteiger partial charge in [0.05, 0.1) is 24.1 Å². The minimum atomic E-state index is 0.00109. The number of nitrogens with zero attached hydrogens (tertiary/aromatic N) is 5. The zero-order valence-electron chi connectivity index (χ0n) is 16.9. The average molecular weight is 400 g/mol. The Balaban J connectivity index is 1.21. The molecule has 0 unspecified atom stereocenters. The zero-order valence-corrected chi connectivity index (χ0v) is 16.9. The van der Waals surface area contributed by atoms with Crippen molar-refractivity contribution in [2.24, 2.45) is 7.05 Å². The smallest absolute Gasteiger partial charge is 0.268 e. The molecule has 0 spiro atoms. The Morgan fingerprint density at radius 1 is 1.10 bits per heavy atom. The Bertz CT molecular complexity index is 1170. The fourth-order valence-corrected chi connectivity index (χ4v) is 4.37. The molecule has 4 aromatic rings. The van der Waals surface area contributed by atoms with Crippen molar-refractivity contribution in [3.8, 4) is 11.3 Å². The second-order valence-corrected chi connectivity index (χ2v) is 7.93. The van der Waals surface area contributed by atoms with Crippen LogP contribution in [-0.4, -0.2) is 36.3 Å². The molecule has 5 rings (SSSR count). The fraction of sp³-hybridized carbons (Fsp3) is 0.304. The maximum Gasteiger partial charge on any atom is 0.268 e. The maximum atomic E-state index is 12.9. The van der Waals surface area contributed by atoms with Crippen LogP contribution in [0.15, 0.2) is 61.3 Å². The van der Waals surface area contributed by atoms with Crippen LogP contribution < -0.4 is 5.32 Å². The van der Waals surface area contributed by atoms with Crippen LogP contribution in [0, 0.1) is 0 Å². The molecule has 0 radical (unpaired) electrons. The monoisotopic (exact) mass is 400 g/mol. The van der Waals surface area contributed by atoms with Gasteiger partial charge >= 0.3 is 0 Å². The molecular formula is C23H24N6O. The quantitative estimate of drug-likeness (QED) is 0.566. The van der Waals surface area contributed by atoms with Gasteiger partial charge in [-0.15, -0.1) is 0 Å². The summed E-state index contributed by atoms with van der Waals surface area (Å²) >= 11 is 0. The van der Waals surface area contributed by atoms with E-state index in [1.165, 1.54) is 0 Å². The van der Waals surface area contributed by atoms with E-state index in [1.807, 2.05) is 59.0 Å². The van der Waals surface area contributed by atoms with E-state index in [0.29, 0.717) is 11.7 Å². The first kappa shape index (κ1) is 18.5. The van der Waals surface area contributed by atoms with E-state index in [9.17, 15) is 4.79 Å². The first-order valence-corrected chi connectivity index (χ1v) is 10.3. The number of fused-ring (bicyclic) bond motifs is 1. The number of benzene rings is 1. The van der Waals surface area contributed by atoms with E-state index >= 15 is 0 Å². The van der Waals surface area contributed by atoms with Crippen molar-refractivity contribution < 1.29 is 4.79 Å². The van der Waals surface area contributed by atoms with Crippen molar-refractivity contribution in [2.75, 3.05) is 0 Å². The summed E-state index contributed by atoms with van der Waals surface area (Å²) in [6.07, 6.45) is 12.9. The summed E-state index contributed by atoms with van der Waals surface area (Å²) in [5.41, 5.74) is 3.59. The number of hydrogen-bond acceptors (Lipinski definition) is 4. The van der Waals surface area contributed by atoms with Gasteiger partial charge in [0.1, 0.15) is 5.69 Å². The summed E-state index contributed by atoms with van der Waals surface area (Å²) in [4.78, 5) is 21.3. The van der Waals surface area contributed by atoms with Gasteiger partial charge in [0.25, 0.3) is 5.91 Å². The molecule has 1 N–H and O–H groups in total. The third-order valence-corrected chi connectivity index (χ3v) is 6.05. The molecule has 1 aliphatic carbocycles. The van der Waals surface area contributed by atoms with Crippen molar-refractivity contribution >= 4 is 16.8 Å². The molecule has 7 heteroatoms. The van der Waals surface area contributed by atoms with E-state index in [2.05, 4.69) is 20.4 Å². The van der Waals surface area contributed by atoms with Crippen LogP contribution in [0.1, 0.15) is 42.2 Å². The van der Waals surface area contributed by atoms with Crippen LogP contribution in [0.4, 0.5) is 0 Å². The van der Waals surface area contributed by atoms with Gasteiger partial charge in [-0.05, 0) is 37.8 Å². The lowest BCUT2D eigenvalue weighted by Crippen LogP contribution is -2.38. The summed E-state index contributed by atoms with van der Waals surface area (Å²) in [7, 11) is 1.94. The van der Waals surface area contributed by atoms with Crippen molar-refractivity contribution in [3.63, 3.8) is 0 Å². The summed E-state index contributed by atoms with van der Waals surface area (Å²) in [6.45, 7) is 0. The van der Waals surface area contributed by atoms with Gasteiger partial charge in [-0.25, -0.2) is 0 Å². The Kier molecular flexibility index (Phi) is 4.78. The largest absolute Gasteiger partial charge is 0.348 e. The average Bonchev–Trinajstić information content (AvgIpc) is 3.41. The first-order valence-electron chi connectivity index (χ1n) is 10.3. The number of aromatic nitrogens is 5. The SMILES string of the molecule is Cn1c(C(=O)NC2CCC(n3cc(-c4cnccn4)cn3)CC2)cc2ccccc21. The summed E-state index contributed by atoms with van der Waals surface area (Å²) in [5, 5.41) is 8.87. The van der Waals surface area contributed by atoms with Gasteiger partial charge in [-0.2, -0.15) is 5.10 Å². The van der Waals surface area contributed by atoms with Gasteiger partial charge in [-0.1, -0.05) is 18.2 Å². The van der Waals surface area contributed by atoms with E-state index in [4.69, 9.17) is 0 Å². The fourth-order valence-electron chi connectivity index (χ4n) is 4.37. The molecule has 1 aromatic carbocycles. The third-order valence-electron chi connectivity index (χ3n) is 6.05. The molecule has 3 aromatic heterocycles. The Labute approximate surface area is 174 Å². The van der Waals surface area contributed by atoms with Crippen LogP contribution in [0.25, 0.3) is 22.2 Å². The van der Waals surface area contributed by atoms with Crippen molar-refractivity contribution in [1.29, 1.82) is 0 Å². The minimum Gasteiger partial charge on any atom is -0.348 e. The summed E-state index contributed by atoms with van der Waals surface area (Å²) in [6, 6.07) is 10.6. The van der Waals surface area contributed by atoms with Gasteiger partial charge in [0.2, 0.25) is 0 Å². The molecule has 152 valence electrons. The Morgan fingerprint density at radius 2 is 1.93 bits per heavy atom. The molecule has 1 saturated carbocycles. The number of rotatable bonds is 4. The number of carbonyl (C=O) groups excluding carboxylic acids is 1. The normalized spacial score (nSPS) is 19.1. The second-order valence-electron chi connectivity index (χ2n) is 7.93. The summed E-state index contributed by atoms with van der Waals surface area (Å²) < 4.78 is 4.00. The Hall–Kier alpha value is -3.48. The molecule has 0 aliphatic heterocycles. The molecule has 1 fully saturated rings. The first-order chi connectivity index (χ1) is 14.7. The lowest BCUT2D eigenvalue weighted by Gasteiger charge is -2.29. The number of hydrogen-bond donors (Lipinski definition) is 1. The number of aryl methyl sites for hydroxylation is 1. The maximum absolute atomic E-state index is 12.9. The molecule has 1 aliphatic rings. The van der Waals surface area contributed by atoms with Gasteiger partial charge in [0, 0.05) is 48.1 Å². The molecule has 7 nitrogen and oxygen atoms in total. The van der Waals surface area contributed by atoms with Gasteiger partial charge < -0.3 is 9.88 Å². The molecule has 0 bridgehead atoms. The minimum absolute atomic E-state index is 0.00109. The molecule has 3 heterocycles. The van der Waals surface area contributed by atoms with Crippen LogP contribution in [0.2, 0.25) is 0 Å². The summed E-state index contributed by atoms with van der Waals surface area (Å²) in [5.74, 6) is 0.00109. The van der Waals surface area contributed by atoms with Crippen molar-refractivity contribution in [3.05, 3.63) is 67.0 Å². The highest BCUT2D eigenvalue weighted by atomic mass is 16.2. The van der Waals surface area contributed by atoms with Crippen LogP contribution in [0.5, 0.6) is 0 Å². The van der Waals surface area contributed by atoms with Crippen molar-refractivity contribution in [2.45, 2.75) is 37.8 Å². The van der Waals surface area contributed by atoms with Gasteiger partial charge in [0.15, 0.2) is 0 Å². The number of nitrogens with one attached hydrogen (secondary N) is 1. The van der Waals surface area contributed by atoms with Crippen LogP contribution in [-0.2, 0) is 7.05 Å². The molecule has 1 amide bonds. The van der Waals surface area contributed by atoms with Crippen LogP contribution >= 0.6 is 0 Å². The number of amides is 1. The van der Waals surface area contributed by atoms with Crippen molar-refractivity contribution in [1.82, 2.24) is 29.6 Å². The van der Waals surface area contributed by atoms with E-state index in [-0.39, 0.29) is 11.9 Å². The number of para-hydroxylation sites is 1. The lowest BCUT2D eigenvalue weighted by atomic mass is 9.91. The molecule has 0 saturated heterocycles. The third kappa shape index (κ3) is 3.47. The van der Waals surface area contributed by atoms with E-state index < -0.39 is 0 Å². The standard InChI is InChI=1S/C23H24N6O/c1-28-21-5-3-2-4-16(21)12-22(28)23(30)27-18-6-8-19(9-7-18)29-15-17(13-26-29)20-14-24-10-11-25-20/h2-5,10-15,18-19H,6-9H2,1H3,(H,27,30). The van der Waals surface area contributed by atoms with E-state index in [1.54, 1.807) is 18.6 Å². The predicted molar refractivity (Wildman–Crippen MR) is 115 cm³/mol. The predicted octanol–water partition coefficient (Wildman–Crippen LogP) is 3.75. The lowest BCUT2D eigenvalue weighted by molar-refractivity contribution is 0.0914. The highest BCUT2D eigenvalue weighted by Gasteiger charge is 2.25. The Morgan fingerprint density at radius 3 is 2.70 bits per heavy atom. The molecule has 0 atom stereocenters.